The van der Waals surface area contributed by atoms with Crippen molar-refractivity contribution in [1.82, 2.24) is 5.32 Å². The van der Waals surface area contributed by atoms with Crippen molar-refractivity contribution in [2.75, 3.05) is 6.54 Å². The molecule has 1 unspecified atom stereocenters. The van der Waals surface area contributed by atoms with Gasteiger partial charge < -0.3 is 21.3 Å². The number of carbonyl (C=O) groups excluding carboxylic acids is 1. The Hall–Kier alpha value is -1.75. The molecule has 1 amide bonds. The van der Waals surface area contributed by atoms with Crippen LogP contribution in [0.15, 0.2) is 18.2 Å². The van der Waals surface area contributed by atoms with Crippen molar-refractivity contribution in [1.29, 1.82) is 0 Å². The second-order valence-corrected chi connectivity index (χ2v) is 4.34. The second-order valence-electron chi connectivity index (χ2n) is 4.34. The van der Waals surface area contributed by atoms with Crippen LogP contribution in [0.5, 0.6) is 11.5 Å². The molecule has 0 aliphatic heterocycles. The zero-order chi connectivity index (χ0) is 13.5. The number of nitrogens with two attached hydrogens (primary N) is 1. The van der Waals surface area contributed by atoms with Crippen LogP contribution in [0.3, 0.4) is 0 Å². The van der Waals surface area contributed by atoms with Gasteiger partial charge in [-0.2, -0.15) is 0 Å². The number of carbonyl (C=O) groups is 1. The number of nitrogens with one attached hydrogen (secondary N) is 1. The Balaban J connectivity index is 2.36. The van der Waals surface area contributed by atoms with E-state index in [0.717, 1.165) is 24.9 Å². The van der Waals surface area contributed by atoms with Gasteiger partial charge in [-0.05, 0) is 32.4 Å². The van der Waals surface area contributed by atoms with Crippen LogP contribution in [-0.4, -0.2) is 22.7 Å². The standard InChI is InChI=1S/C13H20N2O3/c1-9(15-7-3-2-4-13(14)18)11-6-5-10(16)8-12(11)17/h5-6,8-9,15-17H,2-4,7H2,1H3,(H2,14,18). The predicted molar refractivity (Wildman–Crippen MR) is 69.2 cm³/mol. The Morgan fingerprint density at radius 2 is 2.11 bits per heavy atom. The van der Waals surface area contributed by atoms with Crippen molar-refractivity contribution in [2.24, 2.45) is 5.73 Å². The number of hydrogen-bond donors (Lipinski definition) is 4. The lowest BCUT2D eigenvalue weighted by Gasteiger charge is -2.15. The van der Waals surface area contributed by atoms with Gasteiger partial charge in [0.1, 0.15) is 11.5 Å². The monoisotopic (exact) mass is 252 g/mol. The molecule has 5 heteroatoms. The van der Waals surface area contributed by atoms with Crippen LogP contribution < -0.4 is 11.1 Å². The van der Waals surface area contributed by atoms with Crippen LogP contribution in [0.25, 0.3) is 0 Å². The normalized spacial score (nSPS) is 12.3. The number of hydrogen-bond acceptors (Lipinski definition) is 4. The lowest BCUT2D eigenvalue weighted by molar-refractivity contribution is -0.118. The minimum absolute atomic E-state index is 0.0146. The lowest BCUT2D eigenvalue weighted by Crippen LogP contribution is -2.20. The highest BCUT2D eigenvalue weighted by molar-refractivity contribution is 5.73. The zero-order valence-corrected chi connectivity index (χ0v) is 10.5. The molecule has 0 bridgehead atoms. The number of rotatable bonds is 7. The van der Waals surface area contributed by atoms with E-state index in [1.165, 1.54) is 6.07 Å². The Bertz CT molecular complexity index is 407. The molecule has 0 saturated heterocycles. The second kappa shape index (κ2) is 6.86. The van der Waals surface area contributed by atoms with E-state index < -0.39 is 0 Å². The van der Waals surface area contributed by atoms with E-state index in [4.69, 9.17) is 5.73 Å². The minimum atomic E-state index is -0.278. The van der Waals surface area contributed by atoms with Gasteiger partial charge in [-0.3, -0.25) is 4.79 Å². The maximum Gasteiger partial charge on any atom is 0.217 e. The molecule has 5 nitrogen and oxygen atoms in total. The molecular weight excluding hydrogens is 232 g/mol. The topological polar surface area (TPSA) is 95.6 Å². The first-order chi connectivity index (χ1) is 8.50. The molecule has 0 aliphatic carbocycles. The Kier molecular flexibility index (Phi) is 5.45. The van der Waals surface area contributed by atoms with E-state index in [0.29, 0.717) is 6.42 Å². The van der Waals surface area contributed by atoms with Crippen LogP contribution in [0.4, 0.5) is 0 Å². The maximum atomic E-state index is 10.5. The van der Waals surface area contributed by atoms with Crippen molar-refractivity contribution >= 4 is 5.91 Å². The van der Waals surface area contributed by atoms with Gasteiger partial charge in [-0.1, -0.05) is 6.07 Å². The average Bonchev–Trinajstić information content (AvgIpc) is 2.27. The number of unbranched alkanes of at least 4 members (excludes halogenated alkanes) is 1. The number of amides is 1. The third-order valence-corrected chi connectivity index (χ3v) is 2.78. The molecule has 5 N–H and O–H groups in total. The van der Waals surface area contributed by atoms with Crippen LogP contribution in [0.1, 0.15) is 37.8 Å². The van der Waals surface area contributed by atoms with Crippen molar-refractivity contribution < 1.29 is 15.0 Å². The summed E-state index contributed by atoms with van der Waals surface area (Å²) in [5.74, 6) is -0.156. The fourth-order valence-corrected chi connectivity index (χ4v) is 1.75. The van der Waals surface area contributed by atoms with Crippen molar-refractivity contribution in [3.05, 3.63) is 23.8 Å². The van der Waals surface area contributed by atoms with Crippen LogP contribution in [0.2, 0.25) is 0 Å². The Labute approximate surface area is 107 Å². The molecule has 100 valence electrons. The van der Waals surface area contributed by atoms with Gasteiger partial charge in [-0.15, -0.1) is 0 Å². The van der Waals surface area contributed by atoms with E-state index in [1.54, 1.807) is 12.1 Å². The van der Waals surface area contributed by atoms with Crippen molar-refractivity contribution in [2.45, 2.75) is 32.2 Å². The van der Waals surface area contributed by atoms with Gasteiger partial charge in [-0.25, -0.2) is 0 Å². The molecule has 0 aliphatic rings. The molecular formula is C13H20N2O3. The molecule has 0 aromatic heterocycles. The van der Waals surface area contributed by atoms with E-state index in [-0.39, 0.29) is 23.4 Å². The van der Waals surface area contributed by atoms with Crippen molar-refractivity contribution in [3.63, 3.8) is 0 Å². The van der Waals surface area contributed by atoms with Gasteiger partial charge in [0.2, 0.25) is 5.91 Å². The highest BCUT2D eigenvalue weighted by atomic mass is 16.3. The van der Waals surface area contributed by atoms with Crippen LogP contribution >= 0.6 is 0 Å². The molecule has 0 spiro atoms. The summed E-state index contributed by atoms with van der Waals surface area (Å²) in [6.45, 7) is 2.68. The van der Waals surface area contributed by atoms with Gasteiger partial charge >= 0.3 is 0 Å². The first-order valence-corrected chi connectivity index (χ1v) is 6.04. The molecule has 0 radical (unpaired) electrons. The molecule has 1 atom stereocenters. The Morgan fingerprint density at radius 1 is 1.39 bits per heavy atom. The molecule has 0 saturated carbocycles. The minimum Gasteiger partial charge on any atom is -0.508 e. The first kappa shape index (κ1) is 14.3. The number of phenolic OH excluding ortho intramolecular Hbond substituents is 2. The summed E-state index contributed by atoms with van der Waals surface area (Å²) in [4.78, 5) is 10.5. The molecule has 18 heavy (non-hydrogen) atoms. The third kappa shape index (κ3) is 4.63. The van der Waals surface area contributed by atoms with Gasteiger partial charge in [0.05, 0.1) is 0 Å². The third-order valence-electron chi connectivity index (χ3n) is 2.78. The summed E-state index contributed by atoms with van der Waals surface area (Å²) in [6.07, 6.45) is 2.02. The quantitative estimate of drug-likeness (QED) is 0.552. The summed E-state index contributed by atoms with van der Waals surface area (Å²) < 4.78 is 0. The summed E-state index contributed by atoms with van der Waals surface area (Å²) >= 11 is 0. The zero-order valence-electron chi connectivity index (χ0n) is 10.5. The molecule has 1 rings (SSSR count). The SMILES string of the molecule is CC(NCCCCC(N)=O)c1ccc(O)cc1O. The van der Waals surface area contributed by atoms with Gasteiger partial charge in [0, 0.05) is 24.1 Å². The van der Waals surface area contributed by atoms with Crippen LogP contribution in [-0.2, 0) is 4.79 Å². The van der Waals surface area contributed by atoms with Crippen LogP contribution in [0, 0.1) is 0 Å². The Morgan fingerprint density at radius 3 is 2.72 bits per heavy atom. The first-order valence-electron chi connectivity index (χ1n) is 6.04. The lowest BCUT2D eigenvalue weighted by atomic mass is 10.1. The summed E-state index contributed by atoms with van der Waals surface area (Å²) in [5, 5.41) is 22.1. The smallest absolute Gasteiger partial charge is 0.217 e. The largest absolute Gasteiger partial charge is 0.508 e. The maximum absolute atomic E-state index is 10.5. The number of benzene rings is 1. The average molecular weight is 252 g/mol. The fourth-order valence-electron chi connectivity index (χ4n) is 1.75. The summed E-state index contributed by atoms with van der Waals surface area (Å²) in [7, 11) is 0. The number of primary amides is 1. The predicted octanol–water partition coefficient (Wildman–Crippen LogP) is 1.40. The number of aromatic hydroxyl groups is 2. The molecule has 1 aromatic carbocycles. The fraction of sp³-hybridized carbons (Fsp3) is 0.462. The van der Waals surface area contributed by atoms with E-state index >= 15 is 0 Å². The summed E-state index contributed by atoms with van der Waals surface area (Å²) in [6, 6.07) is 4.53. The number of phenols is 2. The highest BCUT2D eigenvalue weighted by Crippen LogP contribution is 2.27. The molecule has 0 heterocycles. The van der Waals surface area contributed by atoms with E-state index in [9.17, 15) is 15.0 Å². The van der Waals surface area contributed by atoms with Gasteiger partial charge in [0.15, 0.2) is 0 Å². The van der Waals surface area contributed by atoms with E-state index in [2.05, 4.69) is 5.32 Å². The van der Waals surface area contributed by atoms with Gasteiger partial charge in [0.25, 0.3) is 0 Å². The van der Waals surface area contributed by atoms with Crippen molar-refractivity contribution in [3.8, 4) is 11.5 Å². The summed E-state index contributed by atoms with van der Waals surface area (Å²) in [5.41, 5.74) is 5.78. The molecule has 1 aromatic rings. The molecule has 0 fully saturated rings. The highest BCUT2D eigenvalue weighted by Gasteiger charge is 2.09. The van der Waals surface area contributed by atoms with E-state index in [1.807, 2.05) is 6.92 Å².